The van der Waals surface area contributed by atoms with Crippen LogP contribution in [0.25, 0.3) is 10.9 Å². The van der Waals surface area contributed by atoms with E-state index in [1.807, 2.05) is 17.7 Å². The van der Waals surface area contributed by atoms with Gasteiger partial charge >= 0.3 is 0 Å². The fourth-order valence-electron chi connectivity index (χ4n) is 1.84. The van der Waals surface area contributed by atoms with E-state index in [4.69, 9.17) is 0 Å². The van der Waals surface area contributed by atoms with Crippen LogP contribution >= 0.6 is 0 Å². The summed E-state index contributed by atoms with van der Waals surface area (Å²) >= 11 is 0. The van der Waals surface area contributed by atoms with Gasteiger partial charge in [-0.15, -0.1) is 0 Å². The number of rotatable bonds is 3. The molecule has 0 aliphatic heterocycles. The first-order valence-electron chi connectivity index (χ1n) is 5.55. The molecule has 0 aliphatic rings. The van der Waals surface area contributed by atoms with Gasteiger partial charge in [0.05, 0.1) is 5.52 Å². The van der Waals surface area contributed by atoms with Gasteiger partial charge in [0.15, 0.2) is 0 Å². The van der Waals surface area contributed by atoms with Crippen LogP contribution in [0.1, 0.15) is 19.5 Å². The lowest BCUT2D eigenvalue weighted by Crippen LogP contribution is -2.22. The molecule has 1 N–H and O–H groups in total. The van der Waals surface area contributed by atoms with Crippen molar-refractivity contribution in [2.75, 3.05) is 0 Å². The molecule has 16 heavy (non-hydrogen) atoms. The van der Waals surface area contributed by atoms with E-state index in [1.54, 1.807) is 6.07 Å². The standard InChI is InChI=1S/C13H17FN2/c1-9(2)15-8-12-6-10-4-5-11(14)7-13(10)16(12)3/h4-7,9,15H,8H2,1-3H3. The third-order valence-electron chi connectivity index (χ3n) is 2.80. The number of nitrogens with zero attached hydrogens (tertiary/aromatic N) is 1. The van der Waals surface area contributed by atoms with Crippen molar-refractivity contribution in [2.45, 2.75) is 26.4 Å². The van der Waals surface area contributed by atoms with Gasteiger partial charge in [0.25, 0.3) is 0 Å². The van der Waals surface area contributed by atoms with E-state index in [0.29, 0.717) is 6.04 Å². The lowest BCUT2D eigenvalue weighted by molar-refractivity contribution is 0.572. The van der Waals surface area contributed by atoms with Crippen molar-refractivity contribution in [1.82, 2.24) is 9.88 Å². The maximum atomic E-state index is 13.1. The summed E-state index contributed by atoms with van der Waals surface area (Å²) in [4.78, 5) is 0. The Morgan fingerprint density at radius 3 is 2.75 bits per heavy atom. The molecule has 2 rings (SSSR count). The highest BCUT2D eigenvalue weighted by Crippen LogP contribution is 2.19. The molecule has 1 aromatic carbocycles. The summed E-state index contributed by atoms with van der Waals surface area (Å²) < 4.78 is 15.1. The average Bonchev–Trinajstić information content (AvgIpc) is 2.53. The molecule has 0 radical (unpaired) electrons. The SMILES string of the molecule is CC(C)NCc1cc2ccc(F)cc2n1C. The molecule has 86 valence electrons. The van der Waals surface area contributed by atoms with Crippen molar-refractivity contribution in [3.8, 4) is 0 Å². The van der Waals surface area contributed by atoms with Gasteiger partial charge in [-0.25, -0.2) is 4.39 Å². The van der Waals surface area contributed by atoms with Gasteiger partial charge in [-0.3, -0.25) is 0 Å². The Kier molecular flexibility index (Phi) is 2.97. The number of fused-ring (bicyclic) bond motifs is 1. The first-order chi connectivity index (χ1) is 7.58. The van der Waals surface area contributed by atoms with Gasteiger partial charge in [0, 0.05) is 30.7 Å². The molecule has 0 bridgehead atoms. The normalized spacial score (nSPS) is 11.6. The molecule has 1 aromatic heterocycles. The lowest BCUT2D eigenvalue weighted by atomic mass is 10.2. The minimum absolute atomic E-state index is 0.183. The number of aryl methyl sites for hydroxylation is 1. The van der Waals surface area contributed by atoms with Gasteiger partial charge in [0.1, 0.15) is 5.82 Å². The smallest absolute Gasteiger partial charge is 0.125 e. The molecule has 3 heteroatoms. The Morgan fingerprint density at radius 2 is 2.06 bits per heavy atom. The Bertz CT molecular complexity index is 500. The summed E-state index contributed by atoms with van der Waals surface area (Å²) in [6.07, 6.45) is 0. The fourth-order valence-corrected chi connectivity index (χ4v) is 1.84. The molecule has 0 unspecified atom stereocenters. The van der Waals surface area contributed by atoms with Crippen LogP contribution in [0.15, 0.2) is 24.3 Å². The van der Waals surface area contributed by atoms with Crippen LogP contribution < -0.4 is 5.32 Å². The van der Waals surface area contributed by atoms with Crippen LogP contribution in [0.2, 0.25) is 0 Å². The van der Waals surface area contributed by atoms with Gasteiger partial charge in [-0.1, -0.05) is 13.8 Å². The zero-order valence-corrected chi connectivity index (χ0v) is 9.92. The summed E-state index contributed by atoms with van der Waals surface area (Å²) in [6, 6.07) is 7.46. The molecule has 0 amide bonds. The lowest BCUT2D eigenvalue weighted by Gasteiger charge is -2.08. The van der Waals surface area contributed by atoms with Crippen molar-refractivity contribution < 1.29 is 4.39 Å². The highest BCUT2D eigenvalue weighted by atomic mass is 19.1. The Hall–Kier alpha value is -1.35. The minimum atomic E-state index is -0.183. The molecule has 0 spiro atoms. The first-order valence-corrected chi connectivity index (χ1v) is 5.55. The van der Waals surface area contributed by atoms with Crippen molar-refractivity contribution in [3.05, 3.63) is 35.8 Å². The molecule has 2 nitrogen and oxygen atoms in total. The van der Waals surface area contributed by atoms with E-state index in [0.717, 1.165) is 17.4 Å². The van der Waals surface area contributed by atoms with Gasteiger partial charge < -0.3 is 9.88 Å². The second kappa shape index (κ2) is 4.26. The summed E-state index contributed by atoms with van der Waals surface area (Å²) in [6.45, 7) is 5.04. The monoisotopic (exact) mass is 220 g/mol. The Morgan fingerprint density at radius 1 is 1.31 bits per heavy atom. The van der Waals surface area contributed by atoms with E-state index in [-0.39, 0.29) is 5.82 Å². The van der Waals surface area contributed by atoms with E-state index in [2.05, 4.69) is 25.2 Å². The van der Waals surface area contributed by atoms with Gasteiger partial charge in [0.2, 0.25) is 0 Å². The van der Waals surface area contributed by atoms with Gasteiger partial charge in [-0.05, 0) is 24.3 Å². The molecule has 1 heterocycles. The second-order valence-electron chi connectivity index (χ2n) is 4.43. The molecule has 0 atom stereocenters. The predicted octanol–water partition coefficient (Wildman–Crippen LogP) is 2.82. The molecule has 0 saturated carbocycles. The molecular weight excluding hydrogens is 203 g/mol. The van der Waals surface area contributed by atoms with Crippen LogP contribution in [0, 0.1) is 5.82 Å². The number of hydrogen-bond acceptors (Lipinski definition) is 1. The summed E-state index contributed by atoms with van der Waals surface area (Å²) in [5, 5.41) is 4.45. The minimum Gasteiger partial charge on any atom is -0.346 e. The van der Waals surface area contributed by atoms with E-state index < -0.39 is 0 Å². The third kappa shape index (κ3) is 2.09. The highest BCUT2D eigenvalue weighted by molar-refractivity contribution is 5.81. The van der Waals surface area contributed by atoms with Crippen LogP contribution in [-0.4, -0.2) is 10.6 Å². The number of aromatic nitrogens is 1. The Balaban J connectivity index is 2.36. The van der Waals surface area contributed by atoms with Crippen LogP contribution in [0.5, 0.6) is 0 Å². The van der Waals surface area contributed by atoms with Crippen molar-refractivity contribution >= 4 is 10.9 Å². The zero-order valence-electron chi connectivity index (χ0n) is 9.92. The maximum Gasteiger partial charge on any atom is 0.125 e. The zero-order chi connectivity index (χ0) is 11.7. The maximum absolute atomic E-state index is 13.1. The number of nitrogens with one attached hydrogen (secondary N) is 1. The second-order valence-corrected chi connectivity index (χ2v) is 4.43. The van der Waals surface area contributed by atoms with Crippen LogP contribution in [0.3, 0.4) is 0 Å². The van der Waals surface area contributed by atoms with Crippen molar-refractivity contribution in [3.63, 3.8) is 0 Å². The summed E-state index contributed by atoms with van der Waals surface area (Å²) in [7, 11) is 1.97. The molecular formula is C13H17FN2. The highest BCUT2D eigenvalue weighted by Gasteiger charge is 2.06. The van der Waals surface area contributed by atoms with Crippen LogP contribution in [0.4, 0.5) is 4.39 Å². The molecule has 0 saturated heterocycles. The third-order valence-corrected chi connectivity index (χ3v) is 2.80. The van der Waals surface area contributed by atoms with Crippen LogP contribution in [-0.2, 0) is 13.6 Å². The number of halogens is 1. The quantitative estimate of drug-likeness (QED) is 0.841. The van der Waals surface area contributed by atoms with E-state index in [9.17, 15) is 4.39 Å². The number of benzene rings is 1. The van der Waals surface area contributed by atoms with Crippen molar-refractivity contribution in [1.29, 1.82) is 0 Å². The Labute approximate surface area is 95.1 Å². The van der Waals surface area contributed by atoms with Gasteiger partial charge in [-0.2, -0.15) is 0 Å². The summed E-state index contributed by atoms with van der Waals surface area (Å²) in [5.41, 5.74) is 2.12. The molecule has 0 fully saturated rings. The fraction of sp³-hybridized carbons (Fsp3) is 0.385. The topological polar surface area (TPSA) is 17.0 Å². The van der Waals surface area contributed by atoms with Crippen molar-refractivity contribution in [2.24, 2.45) is 7.05 Å². The van der Waals surface area contributed by atoms with E-state index in [1.165, 1.54) is 11.8 Å². The average molecular weight is 220 g/mol. The summed E-state index contributed by atoms with van der Waals surface area (Å²) in [5.74, 6) is -0.183. The number of hydrogen-bond donors (Lipinski definition) is 1. The predicted molar refractivity (Wildman–Crippen MR) is 64.9 cm³/mol. The first kappa shape index (κ1) is 11.1. The van der Waals surface area contributed by atoms with E-state index >= 15 is 0 Å². The molecule has 2 aromatic rings. The molecule has 0 aliphatic carbocycles. The largest absolute Gasteiger partial charge is 0.346 e.